The first-order chi connectivity index (χ1) is 15.3. The van der Waals surface area contributed by atoms with Crippen LogP contribution < -0.4 is 15.7 Å². The molecule has 1 amide bonds. The molecule has 2 aromatic heterocycles. The minimum absolute atomic E-state index is 0.0967. The Morgan fingerprint density at radius 2 is 2.00 bits per heavy atom. The van der Waals surface area contributed by atoms with E-state index in [4.69, 9.17) is 20.9 Å². The predicted octanol–water partition coefficient (Wildman–Crippen LogP) is 4.04. The highest BCUT2D eigenvalue weighted by atomic mass is 35.5. The average molecular weight is 456 g/mol. The van der Waals surface area contributed by atoms with Crippen LogP contribution in [-0.4, -0.2) is 32.3 Å². The largest absolute Gasteiger partial charge is 0.495 e. The summed E-state index contributed by atoms with van der Waals surface area (Å²) in [6, 6.07) is 10.3. The van der Waals surface area contributed by atoms with Crippen molar-refractivity contribution in [3.63, 3.8) is 0 Å². The third-order valence-electron chi connectivity index (χ3n) is 5.00. The molecule has 1 N–H and O–H groups in total. The first-order valence-corrected chi connectivity index (χ1v) is 10.3. The molecular weight excluding hydrogens is 434 g/mol. The van der Waals surface area contributed by atoms with Gasteiger partial charge >= 0.3 is 5.69 Å². The quantitative estimate of drug-likeness (QED) is 0.470. The molecule has 4 aromatic rings. The molecule has 0 fully saturated rings. The number of hydrogen-bond donors (Lipinski definition) is 1. The van der Waals surface area contributed by atoms with Crippen molar-refractivity contribution in [1.82, 2.24) is 19.3 Å². The second-order valence-corrected chi connectivity index (χ2v) is 8.00. The second kappa shape index (κ2) is 8.51. The number of amides is 1. The van der Waals surface area contributed by atoms with E-state index in [0.717, 1.165) is 0 Å². The number of nitrogens with one attached hydrogen (secondary N) is 1. The van der Waals surface area contributed by atoms with Crippen LogP contribution in [0.3, 0.4) is 0 Å². The minimum Gasteiger partial charge on any atom is -0.495 e. The van der Waals surface area contributed by atoms with Gasteiger partial charge in [0.1, 0.15) is 12.3 Å². The van der Waals surface area contributed by atoms with Crippen molar-refractivity contribution in [2.45, 2.75) is 33.4 Å². The lowest BCUT2D eigenvalue weighted by atomic mass is 10.2. The summed E-state index contributed by atoms with van der Waals surface area (Å²) in [5.41, 5.74) is 2.12. The number of methoxy groups -OCH3 is 1. The van der Waals surface area contributed by atoms with Gasteiger partial charge in [-0.05, 0) is 50.2 Å². The molecule has 9 nitrogen and oxygen atoms in total. The number of fused-ring (bicyclic) bond motifs is 1. The van der Waals surface area contributed by atoms with Crippen molar-refractivity contribution in [3.8, 4) is 17.1 Å². The Kier molecular flexibility index (Phi) is 5.75. The topological polar surface area (TPSA) is 104 Å². The van der Waals surface area contributed by atoms with Crippen LogP contribution in [0.2, 0.25) is 5.02 Å². The molecule has 0 aliphatic heterocycles. The molecule has 0 bridgehead atoms. The van der Waals surface area contributed by atoms with Crippen LogP contribution >= 0.6 is 11.6 Å². The van der Waals surface area contributed by atoms with Gasteiger partial charge in [0.25, 0.3) is 0 Å². The molecule has 0 unspecified atom stereocenters. The summed E-state index contributed by atoms with van der Waals surface area (Å²) in [5, 5.41) is 7.17. The predicted molar refractivity (Wildman–Crippen MR) is 121 cm³/mol. The molecule has 0 aliphatic carbocycles. The summed E-state index contributed by atoms with van der Waals surface area (Å²) >= 11 is 6.05. The van der Waals surface area contributed by atoms with Crippen LogP contribution in [0.1, 0.15) is 25.8 Å². The molecule has 2 heterocycles. The van der Waals surface area contributed by atoms with Gasteiger partial charge in [-0.25, -0.2) is 4.79 Å². The normalized spacial score (nSPS) is 11.3. The Hall–Kier alpha value is -3.59. The zero-order chi connectivity index (χ0) is 23.0. The van der Waals surface area contributed by atoms with Crippen LogP contribution in [0, 0.1) is 6.92 Å². The minimum atomic E-state index is -0.392. The number of rotatable bonds is 6. The highest BCUT2D eigenvalue weighted by molar-refractivity contribution is 6.31. The Morgan fingerprint density at radius 1 is 1.22 bits per heavy atom. The summed E-state index contributed by atoms with van der Waals surface area (Å²) < 4.78 is 13.4. The number of aryl methyl sites for hydroxylation is 1. The second-order valence-electron chi connectivity index (χ2n) is 7.57. The summed E-state index contributed by atoms with van der Waals surface area (Å²) in [7, 11) is 1.50. The zero-order valence-corrected chi connectivity index (χ0v) is 18.8. The first kappa shape index (κ1) is 21.6. The number of benzene rings is 2. The standard InChI is InChI=1S/C22H22ClN5O4/c1-12(2)28-17-7-5-14(21-24-13(3)32-26-21)9-18(17)27(22(28)30)11-20(29)25-16-10-15(23)6-8-19(16)31-4/h5-10,12H,11H2,1-4H3,(H,25,29). The summed E-state index contributed by atoms with van der Waals surface area (Å²) in [4.78, 5) is 30.3. The lowest BCUT2D eigenvalue weighted by Crippen LogP contribution is -2.30. The number of carbonyl (C=O) groups is 1. The van der Waals surface area contributed by atoms with Gasteiger partial charge in [0.2, 0.25) is 17.6 Å². The Bertz CT molecular complexity index is 1370. The number of ether oxygens (including phenoxy) is 1. The van der Waals surface area contributed by atoms with E-state index in [-0.39, 0.29) is 18.3 Å². The van der Waals surface area contributed by atoms with Crippen molar-refractivity contribution in [3.05, 3.63) is 57.8 Å². The monoisotopic (exact) mass is 455 g/mol. The fourth-order valence-corrected chi connectivity index (χ4v) is 3.77. The molecule has 0 saturated carbocycles. The summed E-state index contributed by atoms with van der Waals surface area (Å²) in [5.74, 6) is 0.923. The van der Waals surface area contributed by atoms with Crippen molar-refractivity contribution < 1.29 is 14.1 Å². The molecular formula is C22H22ClN5O4. The number of aromatic nitrogens is 4. The third-order valence-corrected chi connectivity index (χ3v) is 5.24. The van der Waals surface area contributed by atoms with Crippen LogP contribution in [0.5, 0.6) is 5.75 Å². The first-order valence-electron chi connectivity index (χ1n) is 9.97. The molecule has 2 aromatic carbocycles. The highest BCUT2D eigenvalue weighted by Gasteiger charge is 2.19. The van der Waals surface area contributed by atoms with E-state index in [1.165, 1.54) is 11.7 Å². The third kappa shape index (κ3) is 3.99. The van der Waals surface area contributed by atoms with Gasteiger partial charge in [-0.3, -0.25) is 13.9 Å². The van der Waals surface area contributed by atoms with Crippen molar-refractivity contribution in [1.29, 1.82) is 0 Å². The van der Waals surface area contributed by atoms with Gasteiger partial charge in [0.05, 0.1) is 23.8 Å². The number of hydrogen-bond acceptors (Lipinski definition) is 6. The Labute approximate surface area is 188 Å². The maximum absolute atomic E-state index is 13.2. The number of nitrogens with zero attached hydrogens (tertiary/aromatic N) is 4. The van der Waals surface area contributed by atoms with E-state index in [9.17, 15) is 9.59 Å². The van der Waals surface area contributed by atoms with E-state index < -0.39 is 5.91 Å². The molecule has 0 saturated heterocycles. The van der Waals surface area contributed by atoms with Crippen LogP contribution in [-0.2, 0) is 11.3 Å². The number of halogens is 1. The fourth-order valence-electron chi connectivity index (χ4n) is 3.60. The molecule has 0 atom stereocenters. The van der Waals surface area contributed by atoms with Gasteiger partial charge in [-0.1, -0.05) is 16.8 Å². The van der Waals surface area contributed by atoms with Crippen LogP contribution in [0.15, 0.2) is 45.7 Å². The number of carbonyl (C=O) groups excluding carboxylic acids is 1. The fraction of sp³-hybridized carbons (Fsp3) is 0.273. The van der Waals surface area contributed by atoms with Gasteiger partial charge in [0, 0.05) is 23.6 Å². The zero-order valence-electron chi connectivity index (χ0n) is 18.0. The maximum atomic E-state index is 13.2. The SMILES string of the molecule is COc1ccc(Cl)cc1NC(=O)Cn1c(=O)n(C(C)C)c2ccc(-c3noc(C)n3)cc21. The van der Waals surface area contributed by atoms with Gasteiger partial charge in [0.15, 0.2) is 0 Å². The number of anilines is 1. The molecule has 32 heavy (non-hydrogen) atoms. The Morgan fingerprint density at radius 3 is 2.66 bits per heavy atom. The van der Waals surface area contributed by atoms with E-state index in [1.807, 2.05) is 26.0 Å². The van der Waals surface area contributed by atoms with Gasteiger partial charge in [-0.15, -0.1) is 0 Å². The van der Waals surface area contributed by atoms with Crippen molar-refractivity contribution >= 4 is 34.2 Å². The van der Waals surface area contributed by atoms with E-state index in [2.05, 4.69) is 15.5 Å². The smallest absolute Gasteiger partial charge is 0.329 e. The van der Waals surface area contributed by atoms with Crippen LogP contribution in [0.4, 0.5) is 5.69 Å². The van der Waals surface area contributed by atoms with Gasteiger partial charge < -0.3 is 14.6 Å². The molecule has 166 valence electrons. The average Bonchev–Trinajstić information content (AvgIpc) is 3.29. The van der Waals surface area contributed by atoms with E-state index in [0.29, 0.717) is 44.8 Å². The molecule has 10 heteroatoms. The highest BCUT2D eigenvalue weighted by Crippen LogP contribution is 2.28. The Balaban J connectivity index is 1.75. The molecule has 0 aliphatic rings. The van der Waals surface area contributed by atoms with Crippen LogP contribution in [0.25, 0.3) is 22.4 Å². The lowest BCUT2D eigenvalue weighted by Gasteiger charge is -2.11. The lowest BCUT2D eigenvalue weighted by molar-refractivity contribution is -0.116. The van der Waals surface area contributed by atoms with E-state index in [1.54, 1.807) is 35.8 Å². The van der Waals surface area contributed by atoms with Crippen molar-refractivity contribution in [2.24, 2.45) is 0 Å². The maximum Gasteiger partial charge on any atom is 0.329 e. The molecule has 0 radical (unpaired) electrons. The number of imidazole rings is 1. The summed E-state index contributed by atoms with van der Waals surface area (Å²) in [6.07, 6.45) is 0. The molecule has 0 spiro atoms. The summed E-state index contributed by atoms with van der Waals surface area (Å²) in [6.45, 7) is 5.34. The van der Waals surface area contributed by atoms with E-state index >= 15 is 0 Å². The van der Waals surface area contributed by atoms with Gasteiger partial charge in [-0.2, -0.15) is 4.98 Å². The molecule has 4 rings (SSSR count). The van der Waals surface area contributed by atoms with Crippen molar-refractivity contribution in [2.75, 3.05) is 12.4 Å².